The number of hydrogen-bond donors (Lipinski definition) is 3. The highest BCUT2D eigenvalue weighted by Gasteiger charge is 2.36. The Morgan fingerprint density at radius 3 is 2.07 bits per heavy atom. The third-order valence-corrected chi connectivity index (χ3v) is 7.05. The normalized spacial score (nSPS) is 12.5. The molecule has 2 rings (SSSR count). The fourth-order valence-corrected chi connectivity index (χ4v) is 4.71. The second kappa shape index (κ2) is 17.9. The molecule has 0 bridgehead atoms. The first kappa shape index (κ1) is 36.1. The molecular weight excluding hydrogens is 562 g/mol. The van der Waals surface area contributed by atoms with Gasteiger partial charge in [0, 0.05) is 13.0 Å². The summed E-state index contributed by atoms with van der Waals surface area (Å²) in [5.74, 6) is -1.56. The standard InChI is InChI=1S/C34H49N3O7/c1-7-9-10-11-12-21-37(30(31(40)35-23-29(39)43-6)26-17-13-24(8-2)14-18-26)32(41)28(36-33(42)44-34(3,4)5)22-25-15-19-27(38)20-16-25/h13-20,28,30,38H,7-12,21-23H2,1-6H3,(H,35,40)(H,36,42). The first-order valence-electron chi connectivity index (χ1n) is 15.4. The van der Waals surface area contributed by atoms with E-state index in [2.05, 4.69) is 17.6 Å². The molecule has 2 atom stereocenters. The van der Waals surface area contributed by atoms with Gasteiger partial charge >= 0.3 is 12.1 Å². The van der Waals surface area contributed by atoms with Crippen molar-refractivity contribution in [1.82, 2.24) is 15.5 Å². The minimum atomic E-state index is -1.09. The molecule has 242 valence electrons. The number of aryl methyl sites for hydroxylation is 1. The number of phenolic OH excluding ortho intramolecular Hbond substituents is 1. The second-order valence-corrected chi connectivity index (χ2v) is 11.8. The summed E-state index contributed by atoms with van der Waals surface area (Å²) in [4.78, 5) is 54.6. The molecule has 10 heteroatoms. The smallest absolute Gasteiger partial charge is 0.408 e. The number of esters is 1. The number of alkyl carbamates (subject to hydrolysis) is 1. The lowest BCUT2D eigenvalue weighted by atomic mass is 9.98. The molecule has 0 radical (unpaired) electrons. The highest BCUT2D eigenvalue weighted by Crippen LogP contribution is 2.25. The average Bonchev–Trinajstić information content (AvgIpc) is 2.98. The maximum Gasteiger partial charge on any atom is 0.408 e. The molecule has 3 amide bonds. The predicted octanol–water partition coefficient (Wildman–Crippen LogP) is 5.22. The van der Waals surface area contributed by atoms with Crippen LogP contribution in [0.1, 0.15) is 89.5 Å². The van der Waals surface area contributed by atoms with Gasteiger partial charge in [-0.3, -0.25) is 14.4 Å². The second-order valence-electron chi connectivity index (χ2n) is 11.8. The number of carbonyl (C=O) groups excluding carboxylic acids is 4. The summed E-state index contributed by atoms with van der Waals surface area (Å²) >= 11 is 0. The van der Waals surface area contributed by atoms with Gasteiger partial charge < -0.3 is 30.1 Å². The number of methoxy groups -OCH3 is 1. The van der Waals surface area contributed by atoms with Gasteiger partial charge in [-0.15, -0.1) is 0 Å². The van der Waals surface area contributed by atoms with Crippen molar-refractivity contribution in [3.63, 3.8) is 0 Å². The van der Waals surface area contributed by atoms with E-state index in [-0.39, 0.29) is 25.3 Å². The first-order valence-corrected chi connectivity index (χ1v) is 15.4. The molecule has 0 aliphatic rings. The van der Waals surface area contributed by atoms with Gasteiger partial charge in [-0.2, -0.15) is 0 Å². The number of phenols is 1. The Kier molecular flexibility index (Phi) is 14.7. The lowest BCUT2D eigenvalue weighted by molar-refractivity contribution is -0.144. The highest BCUT2D eigenvalue weighted by atomic mass is 16.6. The van der Waals surface area contributed by atoms with E-state index in [1.54, 1.807) is 32.9 Å². The van der Waals surface area contributed by atoms with Crippen LogP contribution in [0.25, 0.3) is 0 Å². The quantitative estimate of drug-likeness (QED) is 0.175. The van der Waals surface area contributed by atoms with Crippen molar-refractivity contribution in [3.8, 4) is 5.75 Å². The summed E-state index contributed by atoms with van der Waals surface area (Å²) in [6, 6.07) is 11.6. The fourth-order valence-electron chi connectivity index (χ4n) is 4.71. The van der Waals surface area contributed by atoms with Crippen LogP contribution in [0, 0.1) is 0 Å². The van der Waals surface area contributed by atoms with Gasteiger partial charge in [0.05, 0.1) is 7.11 Å². The number of nitrogens with one attached hydrogen (secondary N) is 2. The van der Waals surface area contributed by atoms with Gasteiger partial charge in [-0.05, 0) is 62.4 Å². The van der Waals surface area contributed by atoms with Crippen LogP contribution < -0.4 is 10.6 Å². The van der Waals surface area contributed by atoms with Crippen molar-refractivity contribution < 1.29 is 33.8 Å². The Bertz CT molecular complexity index is 1210. The number of carbonyl (C=O) groups is 4. The Morgan fingerprint density at radius 1 is 0.886 bits per heavy atom. The molecular formula is C34H49N3O7. The Morgan fingerprint density at radius 2 is 1.50 bits per heavy atom. The van der Waals surface area contributed by atoms with E-state index in [1.165, 1.54) is 24.1 Å². The van der Waals surface area contributed by atoms with Crippen LogP contribution in [0.15, 0.2) is 48.5 Å². The van der Waals surface area contributed by atoms with Gasteiger partial charge in [-0.1, -0.05) is 75.9 Å². The number of hydrogen-bond acceptors (Lipinski definition) is 7. The van der Waals surface area contributed by atoms with Gasteiger partial charge in [0.15, 0.2) is 0 Å². The SMILES string of the molecule is CCCCCCCN(C(=O)C(Cc1ccc(O)cc1)NC(=O)OC(C)(C)C)C(C(=O)NCC(=O)OC)c1ccc(CC)cc1. The molecule has 2 aromatic carbocycles. The molecule has 0 fully saturated rings. The average molecular weight is 612 g/mol. The predicted molar refractivity (Wildman–Crippen MR) is 169 cm³/mol. The van der Waals surface area contributed by atoms with Crippen LogP contribution in [0.3, 0.4) is 0 Å². The monoisotopic (exact) mass is 611 g/mol. The van der Waals surface area contributed by atoms with E-state index < -0.39 is 41.6 Å². The van der Waals surface area contributed by atoms with Crippen molar-refractivity contribution in [2.45, 2.75) is 97.2 Å². The van der Waals surface area contributed by atoms with Crippen molar-refractivity contribution >= 4 is 23.9 Å². The molecule has 0 aliphatic heterocycles. The Hall–Kier alpha value is -4.08. The molecule has 2 unspecified atom stereocenters. The number of benzene rings is 2. The number of amides is 3. The zero-order valence-corrected chi connectivity index (χ0v) is 27.0. The van der Waals surface area contributed by atoms with Gasteiger partial charge in [0.1, 0.15) is 30.0 Å². The van der Waals surface area contributed by atoms with Crippen LogP contribution in [0.2, 0.25) is 0 Å². The number of rotatable bonds is 16. The molecule has 44 heavy (non-hydrogen) atoms. The van der Waals surface area contributed by atoms with Gasteiger partial charge in [-0.25, -0.2) is 4.79 Å². The van der Waals surface area contributed by atoms with Crippen molar-refractivity contribution in [2.75, 3.05) is 20.2 Å². The first-order chi connectivity index (χ1) is 20.9. The van der Waals surface area contributed by atoms with Gasteiger partial charge in [0.25, 0.3) is 0 Å². The summed E-state index contributed by atoms with van der Waals surface area (Å²) in [7, 11) is 1.23. The number of unbranched alkanes of at least 4 members (excludes halogenated alkanes) is 4. The summed E-state index contributed by atoms with van der Waals surface area (Å²) in [6.45, 7) is 9.22. The minimum Gasteiger partial charge on any atom is -0.508 e. The third kappa shape index (κ3) is 12.3. The van der Waals surface area contributed by atoms with E-state index in [0.29, 0.717) is 17.5 Å². The minimum absolute atomic E-state index is 0.0725. The van der Waals surface area contributed by atoms with E-state index in [4.69, 9.17) is 9.47 Å². The van der Waals surface area contributed by atoms with E-state index >= 15 is 0 Å². The van der Waals surface area contributed by atoms with Crippen molar-refractivity contribution in [1.29, 1.82) is 0 Å². The lowest BCUT2D eigenvalue weighted by Crippen LogP contribution is -2.54. The maximum atomic E-state index is 14.5. The van der Waals surface area contributed by atoms with Crippen molar-refractivity contribution in [2.24, 2.45) is 0 Å². The summed E-state index contributed by atoms with van der Waals surface area (Å²) < 4.78 is 10.2. The van der Waals surface area contributed by atoms with Crippen molar-refractivity contribution in [3.05, 3.63) is 65.2 Å². The maximum absolute atomic E-state index is 14.5. The number of nitrogens with zero attached hydrogens (tertiary/aromatic N) is 1. The molecule has 10 nitrogen and oxygen atoms in total. The Labute approximate surface area is 261 Å². The largest absolute Gasteiger partial charge is 0.508 e. The van der Waals surface area contributed by atoms with E-state index in [9.17, 15) is 24.3 Å². The molecule has 0 spiro atoms. The molecule has 3 N–H and O–H groups in total. The van der Waals surface area contributed by atoms with E-state index in [1.807, 2.05) is 31.2 Å². The van der Waals surface area contributed by atoms with Crippen LogP contribution in [0.5, 0.6) is 5.75 Å². The van der Waals surface area contributed by atoms with Crippen LogP contribution in [-0.2, 0) is 36.7 Å². The number of ether oxygens (including phenoxy) is 2. The molecule has 0 saturated heterocycles. The number of aromatic hydroxyl groups is 1. The van der Waals surface area contributed by atoms with Gasteiger partial charge in [0.2, 0.25) is 11.8 Å². The molecule has 0 heterocycles. The molecule has 2 aromatic rings. The molecule has 0 aliphatic carbocycles. The molecule has 0 saturated carbocycles. The third-order valence-electron chi connectivity index (χ3n) is 7.05. The zero-order chi connectivity index (χ0) is 32.7. The fraction of sp³-hybridized carbons (Fsp3) is 0.529. The zero-order valence-electron chi connectivity index (χ0n) is 27.0. The van der Waals surface area contributed by atoms with Crippen LogP contribution >= 0.6 is 0 Å². The van der Waals surface area contributed by atoms with Crippen LogP contribution in [-0.4, -0.2) is 65.7 Å². The topological polar surface area (TPSA) is 134 Å². The summed E-state index contributed by atoms with van der Waals surface area (Å²) in [5.41, 5.74) is 1.54. The summed E-state index contributed by atoms with van der Waals surface area (Å²) in [6.07, 6.45) is 4.71. The van der Waals surface area contributed by atoms with E-state index in [0.717, 1.165) is 37.7 Å². The summed E-state index contributed by atoms with van der Waals surface area (Å²) in [5, 5.41) is 15.1. The van der Waals surface area contributed by atoms with Crippen LogP contribution in [0.4, 0.5) is 4.79 Å². The lowest BCUT2D eigenvalue weighted by Gasteiger charge is -2.34. The highest BCUT2D eigenvalue weighted by molar-refractivity contribution is 5.93. The molecule has 0 aromatic heterocycles. The Balaban J connectivity index is 2.56.